The SMILES string of the molecule is COc1cc(C(=O)N(C)[C@@]2(C)CCS(=O)(=O)C2)cc(OC)c1OC. The van der Waals surface area contributed by atoms with Crippen molar-refractivity contribution < 1.29 is 27.4 Å². The van der Waals surface area contributed by atoms with Crippen LogP contribution in [0.5, 0.6) is 17.2 Å². The number of benzene rings is 1. The fourth-order valence-electron chi connectivity index (χ4n) is 2.90. The van der Waals surface area contributed by atoms with Gasteiger partial charge in [-0.2, -0.15) is 0 Å². The summed E-state index contributed by atoms with van der Waals surface area (Å²) in [5.41, 5.74) is -0.381. The van der Waals surface area contributed by atoms with Crippen LogP contribution in [0, 0.1) is 0 Å². The quantitative estimate of drug-likeness (QED) is 0.791. The van der Waals surface area contributed by atoms with Crippen molar-refractivity contribution in [2.45, 2.75) is 18.9 Å². The predicted octanol–water partition coefficient (Wildman–Crippen LogP) is 1.36. The van der Waals surface area contributed by atoms with E-state index in [0.29, 0.717) is 29.2 Å². The van der Waals surface area contributed by atoms with Gasteiger partial charge < -0.3 is 19.1 Å². The maximum atomic E-state index is 12.9. The molecule has 1 atom stereocenters. The molecular formula is C16H23NO6S. The van der Waals surface area contributed by atoms with Crippen molar-refractivity contribution in [3.8, 4) is 17.2 Å². The molecule has 0 unspecified atom stereocenters. The minimum atomic E-state index is -3.11. The maximum Gasteiger partial charge on any atom is 0.254 e. The van der Waals surface area contributed by atoms with Crippen LogP contribution in [0.3, 0.4) is 0 Å². The van der Waals surface area contributed by atoms with Crippen molar-refractivity contribution in [1.82, 2.24) is 4.90 Å². The molecule has 1 aliphatic rings. The summed E-state index contributed by atoms with van der Waals surface area (Å²) in [6.07, 6.45) is 0.419. The van der Waals surface area contributed by atoms with E-state index in [1.54, 1.807) is 26.1 Å². The standard InChI is InChI=1S/C16H23NO6S/c1-16(6-7-24(19,20)10-16)17(2)15(18)11-8-12(21-3)14(23-5)13(9-11)22-4/h8-9H,6-7,10H2,1-5H3/t16-/m0/s1. The molecule has 1 aliphatic heterocycles. The Kier molecular flexibility index (Phi) is 4.98. The fraction of sp³-hybridized carbons (Fsp3) is 0.562. The number of ether oxygens (including phenoxy) is 3. The number of methoxy groups -OCH3 is 3. The first-order chi connectivity index (χ1) is 11.2. The van der Waals surface area contributed by atoms with E-state index in [2.05, 4.69) is 0 Å². The van der Waals surface area contributed by atoms with E-state index >= 15 is 0 Å². The molecule has 0 N–H and O–H groups in total. The van der Waals surface area contributed by atoms with E-state index in [4.69, 9.17) is 14.2 Å². The van der Waals surface area contributed by atoms with Gasteiger partial charge in [-0.05, 0) is 25.5 Å². The van der Waals surface area contributed by atoms with E-state index in [1.165, 1.54) is 26.2 Å². The van der Waals surface area contributed by atoms with Gasteiger partial charge >= 0.3 is 0 Å². The van der Waals surface area contributed by atoms with Crippen molar-refractivity contribution in [3.63, 3.8) is 0 Å². The summed E-state index contributed by atoms with van der Waals surface area (Å²) < 4.78 is 39.4. The van der Waals surface area contributed by atoms with Crippen LogP contribution in [0.2, 0.25) is 0 Å². The molecule has 0 saturated carbocycles. The Labute approximate surface area is 142 Å². The van der Waals surface area contributed by atoms with E-state index < -0.39 is 15.4 Å². The third-order valence-corrected chi connectivity index (χ3v) is 6.40. The zero-order valence-electron chi connectivity index (χ0n) is 14.6. The lowest BCUT2D eigenvalue weighted by Crippen LogP contribution is -2.48. The molecule has 1 saturated heterocycles. The minimum absolute atomic E-state index is 0.0351. The fourth-order valence-corrected chi connectivity index (χ4v) is 5.08. The number of carbonyl (C=O) groups is 1. The lowest BCUT2D eigenvalue weighted by molar-refractivity contribution is 0.0637. The van der Waals surface area contributed by atoms with Crippen molar-refractivity contribution in [2.24, 2.45) is 0 Å². The summed E-state index contributed by atoms with van der Waals surface area (Å²) in [7, 11) is 2.93. The predicted molar refractivity (Wildman–Crippen MR) is 89.9 cm³/mol. The topological polar surface area (TPSA) is 82.1 Å². The summed E-state index contributed by atoms with van der Waals surface area (Å²) >= 11 is 0. The molecule has 0 bridgehead atoms. The maximum absolute atomic E-state index is 12.9. The van der Waals surface area contributed by atoms with Crippen molar-refractivity contribution >= 4 is 15.7 Å². The highest BCUT2D eigenvalue weighted by Crippen LogP contribution is 2.39. The summed E-state index contributed by atoms with van der Waals surface area (Å²) in [4.78, 5) is 14.3. The van der Waals surface area contributed by atoms with Gasteiger partial charge in [-0.15, -0.1) is 0 Å². The molecule has 2 rings (SSSR count). The van der Waals surface area contributed by atoms with Crippen LogP contribution in [-0.4, -0.2) is 64.6 Å². The molecule has 1 heterocycles. The minimum Gasteiger partial charge on any atom is -0.493 e. The van der Waals surface area contributed by atoms with Gasteiger partial charge in [0.05, 0.1) is 38.4 Å². The van der Waals surface area contributed by atoms with E-state index in [9.17, 15) is 13.2 Å². The highest BCUT2D eigenvalue weighted by Gasteiger charge is 2.43. The highest BCUT2D eigenvalue weighted by molar-refractivity contribution is 7.91. The lowest BCUT2D eigenvalue weighted by Gasteiger charge is -2.34. The third kappa shape index (κ3) is 3.28. The van der Waals surface area contributed by atoms with Gasteiger partial charge in [0.25, 0.3) is 5.91 Å². The number of carbonyl (C=O) groups excluding carboxylic acids is 1. The molecule has 1 aromatic carbocycles. The van der Waals surface area contributed by atoms with Crippen LogP contribution in [0.25, 0.3) is 0 Å². The Morgan fingerprint density at radius 3 is 2.04 bits per heavy atom. The summed E-state index contributed by atoms with van der Waals surface area (Å²) in [6.45, 7) is 1.79. The van der Waals surface area contributed by atoms with Gasteiger partial charge in [-0.25, -0.2) is 8.42 Å². The summed E-state index contributed by atoms with van der Waals surface area (Å²) in [5.74, 6) is 0.904. The van der Waals surface area contributed by atoms with Gasteiger partial charge in [0.15, 0.2) is 21.3 Å². The number of hydrogen-bond donors (Lipinski definition) is 0. The van der Waals surface area contributed by atoms with E-state index in [0.717, 1.165) is 0 Å². The van der Waals surface area contributed by atoms with Crippen molar-refractivity contribution in [2.75, 3.05) is 39.9 Å². The largest absolute Gasteiger partial charge is 0.493 e. The molecule has 1 aromatic rings. The molecule has 0 aromatic heterocycles. The number of nitrogens with zero attached hydrogens (tertiary/aromatic N) is 1. The van der Waals surface area contributed by atoms with Crippen molar-refractivity contribution in [1.29, 1.82) is 0 Å². The van der Waals surface area contributed by atoms with Crippen molar-refractivity contribution in [3.05, 3.63) is 17.7 Å². The normalized spacial score (nSPS) is 22.0. The molecule has 0 radical (unpaired) electrons. The van der Waals surface area contributed by atoms with Crippen LogP contribution in [0.15, 0.2) is 12.1 Å². The Morgan fingerprint density at radius 2 is 1.67 bits per heavy atom. The van der Waals surface area contributed by atoms with Crippen LogP contribution in [0.1, 0.15) is 23.7 Å². The number of sulfone groups is 1. The van der Waals surface area contributed by atoms with Crippen LogP contribution >= 0.6 is 0 Å². The average molecular weight is 357 g/mol. The monoisotopic (exact) mass is 357 g/mol. The van der Waals surface area contributed by atoms with Gasteiger partial charge in [0, 0.05) is 12.6 Å². The molecule has 1 fully saturated rings. The molecule has 8 heteroatoms. The molecule has 1 amide bonds. The second-order valence-corrected chi connectivity index (χ2v) is 8.30. The highest BCUT2D eigenvalue weighted by atomic mass is 32.2. The van der Waals surface area contributed by atoms with E-state index in [-0.39, 0.29) is 17.4 Å². The Hall–Kier alpha value is -1.96. The molecule has 134 valence electrons. The third-order valence-electron chi connectivity index (χ3n) is 4.51. The molecule has 7 nitrogen and oxygen atoms in total. The second kappa shape index (κ2) is 6.51. The second-order valence-electron chi connectivity index (χ2n) is 6.12. The van der Waals surface area contributed by atoms with Crippen LogP contribution in [-0.2, 0) is 9.84 Å². The zero-order chi connectivity index (χ0) is 18.1. The first-order valence-electron chi connectivity index (χ1n) is 7.46. The van der Waals surface area contributed by atoms with Crippen LogP contribution < -0.4 is 14.2 Å². The first-order valence-corrected chi connectivity index (χ1v) is 9.28. The molecular weight excluding hydrogens is 334 g/mol. The van der Waals surface area contributed by atoms with Gasteiger partial charge in [-0.1, -0.05) is 0 Å². The van der Waals surface area contributed by atoms with E-state index in [1.807, 2.05) is 0 Å². The lowest BCUT2D eigenvalue weighted by atomic mass is 9.98. The van der Waals surface area contributed by atoms with Crippen LogP contribution in [0.4, 0.5) is 0 Å². The number of amides is 1. The van der Waals surface area contributed by atoms with Gasteiger partial charge in [0.1, 0.15) is 0 Å². The molecule has 24 heavy (non-hydrogen) atoms. The molecule has 0 aliphatic carbocycles. The average Bonchev–Trinajstić information content (AvgIpc) is 2.86. The van der Waals surface area contributed by atoms with Gasteiger partial charge in [0.2, 0.25) is 5.75 Å². The summed E-state index contributed by atoms with van der Waals surface area (Å²) in [5, 5.41) is 0. The Balaban J connectivity index is 2.39. The summed E-state index contributed by atoms with van der Waals surface area (Å²) in [6, 6.07) is 3.12. The first kappa shape index (κ1) is 18.4. The Bertz CT molecular complexity index is 720. The zero-order valence-corrected chi connectivity index (χ0v) is 15.4. The number of hydrogen-bond acceptors (Lipinski definition) is 6. The Morgan fingerprint density at radius 1 is 1.12 bits per heavy atom. The smallest absolute Gasteiger partial charge is 0.254 e. The number of rotatable bonds is 5. The molecule has 0 spiro atoms. The van der Waals surface area contributed by atoms with Gasteiger partial charge in [-0.3, -0.25) is 4.79 Å².